The van der Waals surface area contributed by atoms with E-state index in [1.165, 1.54) is 0 Å². The van der Waals surface area contributed by atoms with Gasteiger partial charge in [0, 0.05) is 6.54 Å². The van der Waals surface area contributed by atoms with Crippen molar-refractivity contribution in [2.75, 3.05) is 26.2 Å². The molecule has 10 heavy (non-hydrogen) atoms. The average molecular weight is 141 g/mol. The lowest BCUT2D eigenvalue weighted by Crippen LogP contribution is -2.27. The van der Waals surface area contributed by atoms with Gasteiger partial charge >= 0.3 is 0 Å². The summed E-state index contributed by atoms with van der Waals surface area (Å²) < 4.78 is 0. The maximum atomic E-state index is 8.58. The Balaban J connectivity index is 3.42. The second-order valence-electron chi connectivity index (χ2n) is 2.20. The highest BCUT2D eigenvalue weighted by molar-refractivity contribution is 4.87. The van der Waals surface area contributed by atoms with E-state index in [1.807, 2.05) is 0 Å². The molecular weight excluding hydrogens is 126 g/mol. The van der Waals surface area contributed by atoms with Crippen LogP contribution in [0.5, 0.6) is 0 Å². The molecule has 0 unspecified atom stereocenters. The molecule has 0 aromatic carbocycles. The molecule has 0 atom stereocenters. The molecule has 0 radical (unpaired) electrons. The van der Waals surface area contributed by atoms with Gasteiger partial charge in [0.1, 0.15) is 0 Å². The summed E-state index contributed by atoms with van der Waals surface area (Å²) in [7, 11) is 0. The summed E-state index contributed by atoms with van der Waals surface area (Å²) in [6, 6.07) is 0. The van der Waals surface area contributed by atoms with E-state index in [2.05, 4.69) is 17.7 Å². The first-order valence-electron chi connectivity index (χ1n) is 3.61. The van der Waals surface area contributed by atoms with Gasteiger partial charge in [-0.25, -0.2) is 0 Å². The Kier molecular flexibility index (Phi) is 6.25. The number of aliphatic hydroxyl groups is 1. The minimum absolute atomic E-state index is 0.196. The molecule has 0 rings (SSSR count). The van der Waals surface area contributed by atoms with Gasteiger partial charge in [-0.2, -0.15) is 0 Å². The molecule has 2 heteroatoms. The van der Waals surface area contributed by atoms with E-state index < -0.39 is 0 Å². The molecule has 0 aliphatic heterocycles. The number of terminal acetylenes is 1. The van der Waals surface area contributed by atoms with Crippen molar-refractivity contribution in [3.63, 3.8) is 0 Å². The second-order valence-corrected chi connectivity index (χ2v) is 2.20. The molecule has 0 saturated heterocycles. The molecule has 0 aliphatic carbocycles. The molecule has 1 N–H and O–H groups in total. The van der Waals surface area contributed by atoms with Crippen LogP contribution < -0.4 is 0 Å². The topological polar surface area (TPSA) is 23.5 Å². The number of aliphatic hydroxyl groups excluding tert-OH is 1. The Morgan fingerprint density at radius 2 is 2.20 bits per heavy atom. The van der Waals surface area contributed by atoms with Crippen LogP contribution in [0.2, 0.25) is 0 Å². The van der Waals surface area contributed by atoms with Crippen LogP contribution in [0.25, 0.3) is 0 Å². The van der Waals surface area contributed by atoms with E-state index in [0.29, 0.717) is 13.1 Å². The summed E-state index contributed by atoms with van der Waals surface area (Å²) in [5.74, 6) is 2.55. The van der Waals surface area contributed by atoms with Gasteiger partial charge in [-0.3, -0.25) is 4.90 Å². The number of nitrogens with zero attached hydrogens (tertiary/aromatic N) is 1. The molecule has 0 amide bonds. The van der Waals surface area contributed by atoms with Crippen LogP contribution in [-0.2, 0) is 0 Å². The average Bonchev–Trinajstić information content (AvgIpc) is 1.90. The molecule has 0 heterocycles. The Morgan fingerprint density at radius 3 is 2.60 bits per heavy atom. The fourth-order valence-electron chi connectivity index (χ4n) is 0.857. The third-order valence-electron chi connectivity index (χ3n) is 1.27. The SMILES string of the molecule is C#CCN(CCC)CCO. The number of rotatable bonds is 5. The van der Waals surface area contributed by atoms with Crippen molar-refractivity contribution >= 4 is 0 Å². The van der Waals surface area contributed by atoms with Crippen LogP contribution in [0.15, 0.2) is 0 Å². The maximum absolute atomic E-state index is 8.58. The van der Waals surface area contributed by atoms with Gasteiger partial charge in [0.15, 0.2) is 0 Å². The molecule has 0 aromatic rings. The Hall–Kier alpha value is -0.520. The predicted octanol–water partition coefficient (Wildman–Crippen LogP) is 0.324. The van der Waals surface area contributed by atoms with Gasteiger partial charge in [0.2, 0.25) is 0 Å². The van der Waals surface area contributed by atoms with E-state index in [1.54, 1.807) is 0 Å². The van der Waals surface area contributed by atoms with Crippen molar-refractivity contribution < 1.29 is 5.11 Å². The smallest absolute Gasteiger partial charge is 0.0599 e. The predicted molar refractivity (Wildman–Crippen MR) is 42.6 cm³/mol. The molecule has 0 aromatic heterocycles. The second kappa shape index (κ2) is 6.60. The summed E-state index contributed by atoms with van der Waals surface area (Å²) in [4.78, 5) is 2.06. The van der Waals surface area contributed by atoms with Crippen molar-refractivity contribution in [3.8, 4) is 12.3 Å². The van der Waals surface area contributed by atoms with Crippen LogP contribution in [0.4, 0.5) is 0 Å². The van der Waals surface area contributed by atoms with Gasteiger partial charge in [0.25, 0.3) is 0 Å². The lowest BCUT2D eigenvalue weighted by atomic mass is 10.4. The highest BCUT2D eigenvalue weighted by Crippen LogP contribution is 1.88. The van der Waals surface area contributed by atoms with E-state index in [4.69, 9.17) is 11.5 Å². The fraction of sp³-hybridized carbons (Fsp3) is 0.750. The normalized spacial score (nSPS) is 9.80. The molecule has 0 aliphatic rings. The molecule has 0 bridgehead atoms. The lowest BCUT2D eigenvalue weighted by Gasteiger charge is -2.16. The van der Waals surface area contributed by atoms with Gasteiger partial charge in [-0.1, -0.05) is 12.8 Å². The Bertz CT molecular complexity index is 100. The molecule has 0 spiro atoms. The van der Waals surface area contributed by atoms with Crippen LogP contribution in [0.3, 0.4) is 0 Å². The van der Waals surface area contributed by atoms with Gasteiger partial charge in [-0.05, 0) is 13.0 Å². The van der Waals surface area contributed by atoms with E-state index in [9.17, 15) is 0 Å². The van der Waals surface area contributed by atoms with Crippen LogP contribution in [-0.4, -0.2) is 36.2 Å². The first kappa shape index (κ1) is 9.48. The highest BCUT2D eigenvalue weighted by Gasteiger charge is 1.98. The zero-order chi connectivity index (χ0) is 7.82. The molecule has 0 fully saturated rings. The van der Waals surface area contributed by atoms with E-state index in [0.717, 1.165) is 13.0 Å². The summed E-state index contributed by atoms with van der Waals surface area (Å²) >= 11 is 0. The molecule has 58 valence electrons. The summed E-state index contributed by atoms with van der Waals surface area (Å²) in [6.07, 6.45) is 6.20. The van der Waals surface area contributed by atoms with E-state index >= 15 is 0 Å². The first-order chi connectivity index (χ1) is 4.85. The number of hydrogen-bond donors (Lipinski definition) is 1. The number of hydrogen-bond acceptors (Lipinski definition) is 2. The van der Waals surface area contributed by atoms with Crippen LogP contribution in [0.1, 0.15) is 13.3 Å². The highest BCUT2D eigenvalue weighted by atomic mass is 16.3. The summed E-state index contributed by atoms with van der Waals surface area (Å²) in [5, 5.41) is 8.58. The minimum atomic E-state index is 0.196. The Morgan fingerprint density at radius 1 is 1.50 bits per heavy atom. The monoisotopic (exact) mass is 141 g/mol. The van der Waals surface area contributed by atoms with E-state index in [-0.39, 0.29) is 6.61 Å². The largest absolute Gasteiger partial charge is 0.395 e. The van der Waals surface area contributed by atoms with Gasteiger partial charge in [0.05, 0.1) is 13.2 Å². The minimum Gasteiger partial charge on any atom is -0.395 e. The molecule has 0 saturated carbocycles. The maximum Gasteiger partial charge on any atom is 0.0599 e. The fourth-order valence-corrected chi connectivity index (χ4v) is 0.857. The third kappa shape index (κ3) is 4.37. The van der Waals surface area contributed by atoms with Crippen molar-refractivity contribution in [1.82, 2.24) is 4.90 Å². The van der Waals surface area contributed by atoms with Crippen molar-refractivity contribution in [1.29, 1.82) is 0 Å². The summed E-state index contributed by atoms with van der Waals surface area (Å²) in [6.45, 7) is 4.61. The van der Waals surface area contributed by atoms with Crippen molar-refractivity contribution in [3.05, 3.63) is 0 Å². The quantitative estimate of drug-likeness (QED) is 0.557. The first-order valence-corrected chi connectivity index (χ1v) is 3.61. The van der Waals surface area contributed by atoms with Crippen molar-refractivity contribution in [2.45, 2.75) is 13.3 Å². The van der Waals surface area contributed by atoms with Crippen LogP contribution >= 0.6 is 0 Å². The molecular formula is C8H15NO. The van der Waals surface area contributed by atoms with Crippen molar-refractivity contribution in [2.24, 2.45) is 0 Å². The van der Waals surface area contributed by atoms with Gasteiger partial charge in [-0.15, -0.1) is 6.42 Å². The zero-order valence-corrected chi connectivity index (χ0v) is 6.51. The van der Waals surface area contributed by atoms with Gasteiger partial charge < -0.3 is 5.11 Å². The summed E-state index contributed by atoms with van der Waals surface area (Å²) in [5.41, 5.74) is 0. The standard InChI is InChI=1S/C8H15NO/c1-3-5-9(6-4-2)7-8-10/h1,10H,4-8H2,2H3. The van der Waals surface area contributed by atoms with Crippen LogP contribution in [0, 0.1) is 12.3 Å². The zero-order valence-electron chi connectivity index (χ0n) is 6.51. The lowest BCUT2D eigenvalue weighted by molar-refractivity contribution is 0.210. The molecule has 2 nitrogen and oxygen atoms in total. The Labute approximate surface area is 62.8 Å². The third-order valence-corrected chi connectivity index (χ3v) is 1.27.